The minimum Gasteiger partial charge on any atom is -0.448 e. The molecule has 1 fully saturated rings. The number of carbonyl (C=O) groups excluding carboxylic acids is 2. The molecule has 1 aliphatic carbocycles. The van der Waals surface area contributed by atoms with Gasteiger partial charge in [-0.15, -0.1) is 0 Å². The van der Waals surface area contributed by atoms with Crippen LogP contribution in [0, 0.1) is 0 Å². The fraction of sp³-hybridized carbons (Fsp3) is 0.333. The van der Waals surface area contributed by atoms with Crippen LogP contribution in [0.15, 0.2) is 36.4 Å². The van der Waals surface area contributed by atoms with Crippen molar-refractivity contribution in [2.75, 3.05) is 6.61 Å². The normalized spacial score (nSPS) is 28.2. The number of halogens is 1. The summed E-state index contributed by atoms with van der Waals surface area (Å²) >= 11 is 5.79. The molecule has 1 aromatic rings. The van der Waals surface area contributed by atoms with Gasteiger partial charge >= 0.3 is 5.97 Å². The lowest BCUT2D eigenvalue weighted by Gasteiger charge is -2.32. The first kappa shape index (κ1) is 13.3. The third-order valence-electron chi connectivity index (χ3n) is 3.66. The number of benzene rings is 1. The van der Waals surface area contributed by atoms with E-state index in [1.165, 1.54) is 6.08 Å². The van der Waals surface area contributed by atoms with Gasteiger partial charge in [-0.1, -0.05) is 11.6 Å². The Bertz CT molecular complexity index is 578. The summed E-state index contributed by atoms with van der Waals surface area (Å²) in [5, 5.41) is 0.560. The van der Waals surface area contributed by atoms with Gasteiger partial charge in [0.25, 0.3) is 0 Å². The Kier molecular flexibility index (Phi) is 3.36. The standard InChI is InChI=1S/C15H13ClO4/c16-11-3-1-10(2-4-11)14(18)20-15-6-5-12(17)9-13(15)19-8-7-15/h1-6,13H,7-9H2/t13-,15+/m1/s1. The van der Waals surface area contributed by atoms with Crippen LogP contribution >= 0.6 is 11.6 Å². The molecule has 5 heteroatoms. The highest BCUT2D eigenvalue weighted by Crippen LogP contribution is 2.37. The molecule has 0 aromatic heterocycles. The van der Waals surface area contributed by atoms with Crippen molar-refractivity contribution in [3.63, 3.8) is 0 Å². The fourth-order valence-corrected chi connectivity index (χ4v) is 2.66. The highest BCUT2D eigenvalue weighted by molar-refractivity contribution is 6.30. The maximum Gasteiger partial charge on any atom is 0.339 e. The summed E-state index contributed by atoms with van der Waals surface area (Å²) in [5.74, 6) is -0.439. The average Bonchev–Trinajstić information content (AvgIpc) is 2.82. The molecular formula is C15H13ClO4. The third kappa shape index (κ3) is 2.37. The van der Waals surface area contributed by atoms with E-state index in [1.807, 2.05) is 0 Å². The fourth-order valence-electron chi connectivity index (χ4n) is 2.54. The molecule has 0 spiro atoms. The highest BCUT2D eigenvalue weighted by Gasteiger charge is 2.48. The number of ketones is 1. The predicted octanol–water partition coefficient (Wildman–Crippen LogP) is 2.55. The second-order valence-corrected chi connectivity index (χ2v) is 5.40. The molecule has 4 nitrogen and oxygen atoms in total. The first-order valence-electron chi connectivity index (χ1n) is 6.42. The lowest BCUT2D eigenvalue weighted by atomic mass is 9.86. The van der Waals surface area contributed by atoms with Gasteiger partial charge in [0, 0.05) is 17.9 Å². The monoisotopic (exact) mass is 292 g/mol. The van der Waals surface area contributed by atoms with Crippen molar-refractivity contribution in [1.82, 2.24) is 0 Å². The van der Waals surface area contributed by atoms with E-state index in [9.17, 15) is 9.59 Å². The van der Waals surface area contributed by atoms with E-state index in [-0.39, 0.29) is 18.3 Å². The van der Waals surface area contributed by atoms with Crippen LogP contribution in [-0.2, 0) is 14.3 Å². The van der Waals surface area contributed by atoms with Crippen molar-refractivity contribution >= 4 is 23.4 Å². The molecule has 3 rings (SSSR count). The molecule has 0 bridgehead atoms. The Morgan fingerprint density at radius 2 is 2.10 bits per heavy atom. The van der Waals surface area contributed by atoms with Gasteiger partial charge < -0.3 is 9.47 Å². The second kappa shape index (κ2) is 5.04. The van der Waals surface area contributed by atoms with Crippen molar-refractivity contribution in [3.8, 4) is 0 Å². The minimum absolute atomic E-state index is 0.00457. The van der Waals surface area contributed by atoms with Crippen LogP contribution in [0.5, 0.6) is 0 Å². The van der Waals surface area contributed by atoms with Gasteiger partial charge in [-0.2, -0.15) is 0 Å². The summed E-state index contributed by atoms with van der Waals surface area (Å²) in [6.45, 7) is 0.482. The number of hydrogen-bond acceptors (Lipinski definition) is 4. The second-order valence-electron chi connectivity index (χ2n) is 4.96. The van der Waals surface area contributed by atoms with E-state index in [0.29, 0.717) is 23.6 Å². The molecule has 1 aromatic carbocycles. The first-order chi connectivity index (χ1) is 9.59. The molecule has 0 radical (unpaired) electrons. The van der Waals surface area contributed by atoms with E-state index in [4.69, 9.17) is 21.1 Å². The topological polar surface area (TPSA) is 52.6 Å². The van der Waals surface area contributed by atoms with Gasteiger partial charge in [0.2, 0.25) is 0 Å². The highest BCUT2D eigenvalue weighted by atomic mass is 35.5. The number of ether oxygens (including phenoxy) is 2. The van der Waals surface area contributed by atoms with Gasteiger partial charge in [-0.25, -0.2) is 4.79 Å². The number of rotatable bonds is 2. The van der Waals surface area contributed by atoms with Crippen molar-refractivity contribution in [1.29, 1.82) is 0 Å². The number of carbonyl (C=O) groups is 2. The first-order valence-corrected chi connectivity index (χ1v) is 6.79. The van der Waals surface area contributed by atoms with Gasteiger partial charge in [-0.3, -0.25) is 4.79 Å². The van der Waals surface area contributed by atoms with Crippen molar-refractivity contribution in [2.24, 2.45) is 0 Å². The lowest BCUT2D eigenvalue weighted by Crippen LogP contribution is -2.44. The Labute approximate surface area is 121 Å². The molecule has 2 atom stereocenters. The third-order valence-corrected chi connectivity index (χ3v) is 3.91. The Hall–Kier alpha value is -1.65. The van der Waals surface area contributed by atoms with Crippen LogP contribution in [0.3, 0.4) is 0 Å². The number of fused-ring (bicyclic) bond motifs is 1. The van der Waals surface area contributed by atoms with Crippen LogP contribution in [0.1, 0.15) is 23.2 Å². The summed E-state index contributed by atoms with van der Waals surface area (Å²) in [6, 6.07) is 6.50. The van der Waals surface area contributed by atoms with Gasteiger partial charge in [-0.05, 0) is 36.4 Å². The SMILES string of the molecule is O=C1C=C[C@]2(OC(=O)c3ccc(Cl)cc3)CCO[C@@H]2C1. The molecular weight excluding hydrogens is 280 g/mol. The molecule has 1 heterocycles. The summed E-state index contributed by atoms with van der Waals surface area (Å²) in [4.78, 5) is 23.6. The Morgan fingerprint density at radius 1 is 1.35 bits per heavy atom. The van der Waals surface area contributed by atoms with E-state index in [1.54, 1.807) is 30.3 Å². The average molecular weight is 293 g/mol. The summed E-state index contributed by atoms with van der Waals surface area (Å²) in [5.41, 5.74) is -0.385. The van der Waals surface area contributed by atoms with Gasteiger partial charge in [0.15, 0.2) is 11.4 Å². The number of allylic oxidation sites excluding steroid dienone is 1. The van der Waals surface area contributed by atoms with Crippen molar-refractivity contribution < 1.29 is 19.1 Å². The molecule has 0 saturated carbocycles. The molecule has 20 heavy (non-hydrogen) atoms. The van der Waals surface area contributed by atoms with Gasteiger partial charge in [0.05, 0.1) is 12.2 Å². The summed E-state index contributed by atoms with van der Waals surface area (Å²) in [6.07, 6.45) is 3.58. The van der Waals surface area contributed by atoms with Crippen molar-refractivity contribution in [3.05, 3.63) is 47.0 Å². The maximum atomic E-state index is 12.2. The summed E-state index contributed by atoms with van der Waals surface area (Å²) < 4.78 is 11.1. The lowest BCUT2D eigenvalue weighted by molar-refractivity contribution is -0.121. The Balaban J connectivity index is 1.82. The van der Waals surface area contributed by atoms with E-state index in [0.717, 1.165) is 0 Å². The molecule has 104 valence electrons. The van der Waals surface area contributed by atoms with Crippen LogP contribution in [0.2, 0.25) is 5.02 Å². The van der Waals surface area contributed by atoms with Crippen LogP contribution in [-0.4, -0.2) is 30.1 Å². The molecule has 0 N–H and O–H groups in total. The summed E-state index contributed by atoms with van der Waals surface area (Å²) in [7, 11) is 0. The van der Waals surface area contributed by atoms with Crippen LogP contribution in [0.4, 0.5) is 0 Å². The molecule has 2 aliphatic rings. The molecule has 0 amide bonds. The van der Waals surface area contributed by atoms with E-state index >= 15 is 0 Å². The molecule has 1 aliphatic heterocycles. The zero-order valence-corrected chi connectivity index (χ0v) is 11.4. The van der Waals surface area contributed by atoms with Crippen molar-refractivity contribution in [2.45, 2.75) is 24.5 Å². The zero-order valence-electron chi connectivity index (χ0n) is 10.7. The number of hydrogen-bond donors (Lipinski definition) is 0. The van der Waals surface area contributed by atoms with E-state index in [2.05, 4.69) is 0 Å². The maximum absolute atomic E-state index is 12.2. The largest absolute Gasteiger partial charge is 0.448 e. The molecule has 0 unspecified atom stereocenters. The van der Waals surface area contributed by atoms with Crippen LogP contribution in [0.25, 0.3) is 0 Å². The quantitative estimate of drug-likeness (QED) is 0.786. The Morgan fingerprint density at radius 3 is 2.85 bits per heavy atom. The zero-order chi connectivity index (χ0) is 14.2. The van der Waals surface area contributed by atoms with Gasteiger partial charge in [0.1, 0.15) is 6.10 Å². The minimum atomic E-state index is -0.815. The number of esters is 1. The van der Waals surface area contributed by atoms with E-state index < -0.39 is 11.6 Å². The molecule has 1 saturated heterocycles. The smallest absolute Gasteiger partial charge is 0.339 e. The van der Waals surface area contributed by atoms with Crippen LogP contribution < -0.4 is 0 Å². The predicted molar refractivity (Wildman–Crippen MR) is 72.7 cm³/mol.